The van der Waals surface area contributed by atoms with Gasteiger partial charge in [0.15, 0.2) is 10.9 Å². The van der Waals surface area contributed by atoms with Crippen molar-refractivity contribution in [3.05, 3.63) is 10.1 Å². The molecule has 0 aromatic heterocycles. The quantitative estimate of drug-likeness (QED) is 0.297. The van der Waals surface area contributed by atoms with Crippen LogP contribution in [0.15, 0.2) is 5.10 Å². The van der Waals surface area contributed by atoms with Crippen molar-refractivity contribution in [2.75, 3.05) is 19.8 Å². The number of hydrogen-bond acceptors (Lipinski definition) is 3. The molecule has 1 aliphatic heterocycles. The van der Waals surface area contributed by atoms with Gasteiger partial charge in [0, 0.05) is 19.1 Å². The van der Waals surface area contributed by atoms with Gasteiger partial charge in [-0.3, -0.25) is 0 Å². The van der Waals surface area contributed by atoms with Gasteiger partial charge in [-0.05, 0) is 13.3 Å². The van der Waals surface area contributed by atoms with Crippen molar-refractivity contribution in [2.24, 2.45) is 11.0 Å². The van der Waals surface area contributed by atoms with E-state index in [4.69, 9.17) is 4.74 Å². The van der Waals surface area contributed by atoms with Crippen LogP contribution in [0.2, 0.25) is 0 Å². The monoisotopic (exact) mass is 187 g/mol. The molecule has 6 heteroatoms. The molecular formula is C7H13N3O3. The molecule has 0 aromatic rings. The van der Waals surface area contributed by atoms with Gasteiger partial charge in [0.1, 0.15) is 0 Å². The van der Waals surface area contributed by atoms with Crippen molar-refractivity contribution in [3.63, 3.8) is 0 Å². The van der Waals surface area contributed by atoms with Crippen LogP contribution >= 0.6 is 0 Å². The van der Waals surface area contributed by atoms with Crippen LogP contribution in [0.5, 0.6) is 0 Å². The topological polar surface area (TPSA) is 76.8 Å². The van der Waals surface area contributed by atoms with Gasteiger partial charge in [-0.25, -0.2) is 10.1 Å². The molecule has 1 N–H and O–H groups in total. The summed E-state index contributed by atoms with van der Waals surface area (Å²) in [7, 11) is 0. The van der Waals surface area contributed by atoms with E-state index in [1.54, 1.807) is 6.92 Å². The van der Waals surface area contributed by atoms with Crippen molar-refractivity contribution < 1.29 is 9.77 Å². The van der Waals surface area contributed by atoms with Gasteiger partial charge in [0.25, 0.3) is 0 Å². The Morgan fingerprint density at radius 1 is 1.85 bits per heavy atom. The molecule has 0 saturated carbocycles. The number of hydrazone groups is 1. The standard InChI is InChI=1S/C7H13N3O3/c1-6(9-10(11)12)8-4-7-2-3-13-5-7/h7H,2-5H2,1H3,(H,8,9). The number of amidine groups is 1. The van der Waals surface area contributed by atoms with Crippen LogP contribution in [0.3, 0.4) is 0 Å². The normalized spacial score (nSPS) is 23.2. The van der Waals surface area contributed by atoms with Crippen molar-refractivity contribution in [3.8, 4) is 0 Å². The molecule has 13 heavy (non-hydrogen) atoms. The molecule has 0 aliphatic carbocycles. The molecule has 1 fully saturated rings. The summed E-state index contributed by atoms with van der Waals surface area (Å²) >= 11 is 0. The zero-order chi connectivity index (χ0) is 9.68. The number of ether oxygens (including phenoxy) is 1. The predicted molar refractivity (Wildman–Crippen MR) is 47.0 cm³/mol. The maximum atomic E-state index is 9.96. The summed E-state index contributed by atoms with van der Waals surface area (Å²) in [5.74, 6) is 0.800. The van der Waals surface area contributed by atoms with Crippen LogP contribution in [-0.4, -0.2) is 30.6 Å². The van der Waals surface area contributed by atoms with Crippen LogP contribution in [0.25, 0.3) is 0 Å². The number of nitrogens with zero attached hydrogens (tertiary/aromatic N) is 2. The summed E-state index contributed by atoms with van der Waals surface area (Å²) in [6.07, 6.45) is 1.01. The average molecular weight is 187 g/mol. The minimum absolute atomic E-state index is 0.344. The van der Waals surface area contributed by atoms with Gasteiger partial charge < -0.3 is 10.1 Å². The third kappa shape index (κ3) is 3.84. The average Bonchev–Trinajstić information content (AvgIpc) is 2.51. The van der Waals surface area contributed by atoms with Gasteiger partial charge in [-0.2, -0.15) is 0 Å². The number of hydrogen-bond donors (Lipinski definition) is 1. The Labute approximate surface area is 76.1 Å². The lowest BCUT2D eigenvalue weighted by Gasteiger charge is -2.07. The van der Waals surface area contributed by atoms with Crippen LogP contribution in [0.4, 0.5) is 0 Å². The SMILES string of the molecule is C/C(=N\[N+](=O)[O-])NCC1CCOC1. The number of nitrogens with one attached hydrogen (secondary N) is 1. The maximum absolute atomic E-state index is 9.96. The molecule has 1 saturated heterocycles. The van der Waals surface area contributed by atoms with E-state index in [0.717, 1.165) is 19.6 Å². The molecule has 0 radical (unpaired) electrons. The Kier molecular flexibility index (Phi) is 3.63. The molecule has 1 rings (SSSR count). The molecular weight excluding hydrogens is 174 g/mol. The van der Waals surface area contributed by atoms with Crippen LogP contribution in [-0.2, 0) is 4.74 Å². The van der Waals surface area contributed by atoms with E-state index in [-0.39, 0.29) is 0 Å². The first-order chi connectivity index (χ1) is 6.18. The molecule has 0 aromatic carbocycles. The maximum Gasteiger partial charge on any atom is 0.192 e. The smallest absolute Gasteiger partial charge is 0.192 e. The fourth-order valence-electron chi connectivity index (χ4n) is 1.19. The van der Waals surface area contributed by atoms with Crippen LogP contribution in [0.1, 0.15) is 13.3 Å². The molecule has 1 heterocycles. The second-order valence-corrected chi connectivity index (χ2v) is 3.03. The van der Waals surface area contributed by atoms with Gasteiger partial charge in [0.2, 0.25) is 0 Å². The molecule has 0 spiro atoms. The molecule has 74 valence electrons. The molecule has 0 amide bonds. The van der Waals surface area contributed by atoms with E-state index in [2.05, 4.69) is 10.4 Å². The van der Waals surface area contributed by atoms with E-state index in [0.29, 0.717) is 18.3 Å². The highest BCUT2D eigenvalue weighted by Crippen LogP contribution is 2.10. The van der Waals surface area contributed by atoms with E-state index in [1.807, 2.05) is 0 Å². The van der Waals surface area contributed by atoms with E-state index < -0.39 is 5.03 Å². The lowest BCUT2D eigenvalue weighted by molar-refractivity contribution is -0.485. The van der Waals surface area contributed by atoms with E-state index in [9.17, 15) is 10.1 Å². The van der Waals surface area contributed by atoms with Crippen LogP contribution < -0.4 is 5.32 Å². The van der Waals surface area contributed by atoms with Crippen molar-refractivity contribution in [2.45, 2.75) is 13.3 Å². The van der Waals surface area contributed by atoms with Crippen molar-refractivity contribution >= 4 is 5.84 Å². The third-order valence-corrected chi connectivity index (χ3v) is 1.90. The summed E-state index contributed by atoms with van der Waals surface area (Å²) in [4.78, 5) is 9.96. The zero-order valence-electron chi connectivity index (χ0n) is 7.52. The van der Waals surface area contributed by atoms with Crippen molar-refractivity contribution in [1.29, 1.82) is 0 Å². The highest BCUT2D eigenvalue weighted by Gasteiger charge is 2.15. The molecule has 6 nitrogen and oxygen atoms in total. The first kappa shape index (κ1) is 9.91. The van der Waals surface area contributed by atoms with Gasteiger partial charge in [-0.1, -0.05) is 0 Å². The Morgan fingerprint density at radius 3 is 3.15 bits per heavy atom. The largest absolute Gasteiger partial charge is 0.381 e. The Morgan fingerprint density at radius 2 is 2.62 bits per heavy atom. The first-order valence-electron chi connectivity index (χ1n) is 4.19. The summed E-state index contributed by atoms with van der Waals surface area (Å²) in [6, 6.07) is 0. The Hall–Kier alpha value is -1.17. The highest BCUT2D eigenvalue weighted by molar-refractivity contribution is 5.78. The predicted octanol–water partition coefficient (Wildman–Crippen LogP) is 0.223. The second kappa shape index (κ2) is 4.76. The first-order valence-corrected chi connectivity index (χ1v) is 4.19. The second-order valence-electron chi connectivity index (χ2n) is 3.03. The Balaban J connectivity index is 2.21. The number of nitro groups is 1. The van der Waals surface area contributed by atoms with Gasteiger partial charge in [0.05, 0.1) is 11.7 Å². The molecule has 0 bridgehead atoms. The number of rotatable bonds is 3. The molecule has 1 atom stereocenters. The highest BCUT2D eigenvalue weighted by atomic mass is 16.7. The molecule has 1 unspecified atom stereocenters. The summed E-state index contributed by atoms with van der Waals surface area (Å²) in [5, 5.41) is 15.3. The summed E-state index contributed by atoms with van der Waals surface area (Å²) in [5.41, 5.74) is 0. The fraction of sp³-hybridized carbons (Fsp3) is 0.857. The summed E-state index contributed by atoms with van der Waals surface area (Å²) < 4.78 is 5.16. The molecule has 1 aliphatic rings. The third-order valence-electron chi connectivity index (χ3n) is 1.90. The van der Waals surface area contributed by atoms with E-state index >= 15 is 0 Å². The van der Waals surface area contributed by atoms with Crippen molar-refractivity contribution in [1.82, 2.24) is 5.32 Å². The van der Waals surface area contributed by atoms with Crippen LogP contribution in [0, 0.1) is 16.0 Å². The zero-order valence-corrected chi connectivity index (χ0v) is 7.52. The van der Waals surface area contributed by atoms with E-state index in [1.165, 1.54) is 0 Å². The lowest BCUT2D eigenvalue weighted by Crippen LogP contribution is -2.28. The van der Waals surface area contributed by atoms with Gasteiger partial charge in [-0.15, -0.1) is 0 Å². The van der Waals surface area contributed by atoms with Gasteiger partial charge >= 0.3 is 0 Å². The fourth-order valence-corrected chi connectivity index (χ4v) is 1.19. The minimum atomic E-state index is -0.701. The summed E-state index contributed by atoms with van der Waals surface area (Å²) in [6.45, 7) is 3.80. The lowest BCUT2D eigenvalue weighted by atomic mass is 10.1. The minimum Gasteiger partial charge on any atom is -0.381 e. The Bertz CT molecular complexity index is 211.